The molecule has 0 bridgehead atoms. The quantitative estimate of drug-likeness (QED) is 0.148. The van der Waals surface area contributed by atoms with E-state index in [4.69, 9.17) is 18.9 Å². The van der Waals surface area contributed by atoms with Crippen LogP contribution in [0.15, 0.2) is 134 Å². The lowest BCUT2D eigenvalue weighted by Gasteiger charge is -2.25. The van der Waals surface area contributed by atoms with E-state index in [1.807, 2.05) is 0 Å². The smallest absolute Gasteiger partial charge is 0.338 e. The molecule has 1 fully saturated rings. The molecule has 4 atom stereocenters. The Bertz CT molecular complexity index is 2160. The highest BCUT2D eigenvalue weighted by atomic mass is 16.7. The largest absolute Gasteiger partial charge is 0.459 e. The first-order valence-corrected chi connectivity index (χ1v) is 15.9. The Labute approximate surface area is 290 Å². The molecule has 51 heavy (non-hydrogen) atoms. The number of esters is 3. The molecule has 13 heteroatoms. The topological polar surface area (TPSA) is 161 Å². The fourth-order valence-corrected chi connectivity index (χ4v) is 5.58. The molecule has 254 valence electrons. The molecule has 0 radical (unpaired) electrons. The van der Waals surface area contributed by atoms with Crippen molar-refractivity contribution < 1.29 is 38.1 Å². The van der Waals surface area contributed by atoms with Crippen molar-refractivity contribution in [3.05, 3.63) is 156 Å². The van der Waals surface area contributed by atoms with Crippen molar-refractivity contribution in [3.8, 4) is 0 Å². The maximum Gasteiger partial charge on any atom is 0.338 e. The van der Waals surface area contributed by atoms with Crippen LogP contribution < -0.4 is 5.32 Å². The molecule has 1 amide bonds. The summed E-state index contributed by atoms with van der Waals surface area (Å²) in [6.45, 7) is -0.365. The van der Waals surface area contributed by atoms with Crippen molar-refractivity contribution in [1.29, 1.82) is 0 Å². The first-order valence-electron chi connectivity index (χ1n) is 15.9. The molecule has 0 saturated carbocycles. The zero-order valence-corrected chi connectivity index (χ0v) is 26.8. The van der Waals surface area contributed by atoms with Gasteiger partial charge in [0.15, 0.2) is 35.4 Å². The van der Waals surface area contributed by atoms with Gasteiger partial charge in [0.05, 0.1) is 23.0 Å². The number of nitrogens with zero attached hydrogens (tertiary/aromatic N) is 4. The summed E-state index contributed by atoms with van der Waals surface area (Å²) in [6, 6.07) is 33.5. The fraction of sp³-hybridized carbons (Fsp3) is 0.132. The average Bonchev–Trinajstić information content (AvgIpc) is 3.76. The fourth-order valence-electron chi connectivity index (χ4n) is 5.58. The van der Waals surface area contributed by atoms with E-state index in [0.29, 0.717) is 11.1 Å². The van der Waals surface area contributed by atoms with Crippen LogP contribution in [0.5, 0.6) is 0 Å². The Balaban J connectivity index is 1.25. The van der Waals surface area contributed by atoms with Gasteiger partial charge in [0.2, 0.25) is 0 Å². The van der Waals surface area contributed by atoms with Gasteiger partial charge >= 0.3 is 17.9 Å². The number of amides is 1. The summed E-state index contributed by atoms with van der Waals surface area (Å²) in [7, 11) is 0. The molecule has 1 saturated heterocycles. The van der Waals surface area contributed by atoms with Crippen LogP contribution in [0, 0.1) is 0 Å². The van der Waals surface area contributed by atoms with Crippen LogP contribution in [0.1, 0.15) is 47.7 Å². The van der Waals surface area contributed by atoms with Gasteiger partial charge < -0.3 is 24.3 Å². The van der Waals surface area contributed by atoms with E-state index in [9.17, 15) is 19.2 Å². The third-order valence-electron chi connectivity index (χ3n) is 8.08. The van der Waals surface area contributed by atoms with Gasteiger partial charge in [0.25, 0.3) is 5.91 Å². The van der Waals surface area contributed by atoms with E-state index in [2.05, 4.69) is 20.3 Å². The van der Waals surface area contributed by atoms with Crippen molar-refractivity contribution in [2.24, 2.45) is 0 Å². The molecule has 0 unspecified atom stereocenters. The van der Waals surface area contributed by atoms with Crippen molar-refractivity contribution >= 4 is 40.8 Å². The lowest BCUT2D eigenvalue weighted by Crippen LogP contribution is -2.41. The van der Waals surface area contributed by atoms with Crippen LogP contribution in [-0.2, 0) is 18.9 Å². The molecule has 4 aromatic carbocycles. The first-order chi connectivity index (χ1) is 25.0. The minimum atomic E-state index is -1.29. The number of carbonyl (C=O) groups excluding carboxylic acids is 4. The van der Waals surface area contributed by atoms with Crippen molar-refractivity contribution in [3.63, 3.8) is 0 Å². The van der Waals surface area contributed by atoms with E-state index in [1.165, 1.54) is 17.2 Å². The number of benzene rings is 4. The summed E-state index contributed by atoms with van der Waals surface area (Å²) in [5, 5.41) is 2.76. The molecular formula is C38H29N5O8. The maximum absolute atomic E-state index is 13.5. The van der Waals surface area contributed by atoms with E-state index in [1.54, 1.807) is 121 Å². The van der Waals surface area contributed by atoms with E-state index < -0.39 is 48.4 Å². The van der Waals surface area contributed by atoms with Gasteiger partial charge in [-0.15, -0.1) is 0 Å². The lowest BCUT2D eigenvalue weighted by molar-refractivity contribution is -0.0606. The lowest BCUT2D eigenvalue weighted by atomic mass is 10.1. The van der Waals surface area contributed by atoms with E-state index in [-0.39, 0.29) is 34.7 Å². The van der Waals surface area contributed by atoms with Crippen LogP contribution in [0.3, 0.4) is 0 Å². The van der Waals surface area contributed by atoms with Gasteiger partial charge in [0.1, 0.15) is 19.0 Å². The van der Waals surface area contributed by atoms with Crippen LogP contribution >= 0.6 is 0 Å². The minimum Gasteiger partial charge on any atom is -0.459 e. The zero-order chi connectivity index (χ0) is 35.2. The molecule has 1 N–H and O–H groups in total. The summed E-state index contributed by atoms with van der Waals surface area (Å²) in [4.78, 5) is 66.1. The number of imidazole rings is 1. The third kappa shape index (κ3) is 7.19. The van der Waals surface area contributed by atoms with Gasteiger partial charge in [-0.2, -0.15) is 0 Å². The van der Waals surface area contributed by atoms with E-state index in [0.717, 1.165) is 0 Å². The Morgan fingerprint density at radius 3 is 1.71 bits per heavy atom. The highest BCUT2D eigenvalue weighted by Crippen LogP contribution is 2.37. The molecular weight excluding hydrogens is 654 g/mol. The van der Waals surface area contributed by atoms with Crippen LogP contribution in [0.4, 0.5) is 5.82 Å². The Hall–Kier alpha value is -6.73. The van der Waals surface area contributed by atoms with E-state index >= 15 is 0 Å². The number of aromatic nitrogens is 4. The number of rotatable bonds is 10. The van der Waals surface area contributed by atoms with Crippen LogP contribution in [0.25, 0.3) is 11.2 Å². The second-order valence-corrected chi connectivity index (χ2v) is 11.4. The van der Waals surface area contributed by atoms with Gasteiger partial charge in [-0.1, -0.05) is 72.8 Å². The van der Waals surface area contributed by atoms with Crippen molar-refractivity contribution in [1.82, 2.24) is 19.5 Å². The molecule has 1 aliphatic heterocycles. The number of hydrogen-bond donors (Lipinski definition) is 1. The van der Waals surface area contributed by atoms with Crippen LogP contribution in [-0.4, -0.2) is 68.3 Å². The Kier molecular flexibility index (Phi) is 9.52. The number of carbonyl (C=O) groups is 4. The molecule has 13 nitrogen and oxygen atoms in total. The molecule has 2 aromatic heterocycles. The first kappa shape index (κ1) is 32.8. The number of fused-ring (bicyclic) bond motifs is 1. The Morgan fingerprint density at radius 2 is 1.14 bits per heavy atom. The second kappa shape index (κ2) is 14.8. The second-order valence-electron chi connectivity index (χ2n) is 11.4. The Morgan fingerprint density at radius 1 is 0.627 bits per heavy atom. The standard InChI is InChI=1S/C38H29N5O8/c44-34(24-13-5-1-6-14-24)42-32-29-33(40-22-39-32)43(23-41-29)35-31(51-38(47)27-19-11-4-12-20-27)30(50-37(46)26-17-9-3-10-18-26)28(49-35)21-48-36(45)25-15-7-2-8-16-25/h1-20,22-23,28,30-31,35H,21H2,(H,39,40,42,44)/t28-,30+,31+,35+/m0/s1. The van der Waals surface area contributed by atoms with Gasteiger partial charge in [-0.3, -0.25) is 9.36 Å². The molecule has 7 rings (SSSR count). The molecule has 0 aliphatic carbocycles. The predicted octanol–water partition coefficient (Wildman–Crippen LogP) is 5.28. The predicted molar refractivity (Wildman–Crippen MR) is 182 cm³/mol. The summed E-state index contributed by atoms with van der Waals surface area (Å²) in [5.74, 6) is -2.34. The number of hydrogen-bond acceptors (Lipinski definition) is 11. The number of anilines is 1. The average molecular weight is 684 g/mol. The molecule has 3 heterocycles. The number of nitrogens with one attached hydrogen (secondary N) is 1. The number of ether oxygens (including phenoxy) is 4. The maximum atomic E-state index is 13.5. The summed E-state index contributed by atoms with van der Waals surface area (Å²) >= 11 is 0. The van der Waals surface area contributed by atoms with Crippen molar-refractivity contribution in [2.75, 3.05) is 11.9 Å². The monoisotopic (exact) mass is 683 g/mol. The molecule has 0 spiro atoms. The normalized spacial score (nSPS) is 18.1. The molecule has 1 aliphatic rings. The molecule has 6 aromatic rings. The van der Waals surface area contributed by atoms with Crippen LogP contribution in [0.2, 0.25) is 0 Å². The third-order valence-corrected chi connectivity index (χ3v) is 8.08. The summed E-state index contributed by atoms with van der Waals surface area (Å²) in [6.07, 6.45) is -2.23. The minimum absolute atomic E-state index is 0.129. The van der Waals surface area contributed by atoms with Crippen molar-refractivity contribution in [2.45, 2.75) is 24.5 Å². The highest BCUT2D eigenvalue weighted by molar-refractivity contribution is 6.06. The van der Waals surface area contributed by atoms with Gasteiger partial charge in [0, 0.05) is 5.56 Å². The zero-order valence-electron chi connectivity index (χ0n) is 26.8. The van der Waals surface area contributed by atoms with Gasteiger partial charge in [-0.25, -0.2) is 29.3 Å². The van der Waals surface area contributed by atoms with Gasteiger partial charge in [-0.05, 0) is 48.5 Å². The highest BCUT2D eigenvalue weighted by Gasteiger charge is 2.52. The summed E-state index contributed by atoms with van der Waals surface area (Å²) < 4.78 is 25.6. The summed E-state index contributed by atoms with van der Waals surface area (Å²) in [5.41, 5.74) is 1.64. The SMILES string of the molecule is O=C(Nc1ncnc2c1ncn2[C@@H]1O[C@@H](COC(=O)c2ccccc2)[C@@H](OC(=O)c2ccccc2)[C@H]1OC(=O)c1ccccc1)c1ccccc1.